The van der Waals surface area contributed by atoms with E-state index in [1.807, 2.05) is 5.32 Å². The maximum absolute atomic E-state index is 13.5. The van der Waals surface area contributed by atoms with Gasteiger partial charge < -0.3 is 20.7 Å². The number of hydrogen-bond donors (Lipinski definition) is 2. The molecule has 1 aliphatic heterocycles. The molecule has 13 heteroatoms. The van der Waals surface area contributed by atoms with Crippen LogP contribution in [-0.4, -0.2) is 62.9 Å². The Morgan fingerprint density at radius 3 is 2.57 bits per heavy atom. The number of ether oxygens (including phenoxy) is 1. The van der Waals surface area contributed by atoms with Gasteiger partial charge in [0.2, 0.25) is 5.92 Å². The van der Waals surface area contributed by atoms with E-state index >= 15 is 0 Å². The third-order valence-corrected chi connectivity index (χ3v) is 7.08. The summed E-state index contributed by atoms with van der Waals surface area (Å²) in [5.74, 6) is -2.79. The predicted molar refractivity (Wildman–Crippen MR) is 114 cm³/mol. The van der Waals surface area contributed by atoms with Crippen molar-refractivity contribution in [3.05, 3.63) is 29.7 Å². The summed E-state index contributed by atoms with van der Waals surface area (Å²) in [6.45, 7) is -0.507. The molecular weight excluding hydrogens is 475 g/mol. The lowest BCUT2D eigenvalue weighted by molar-refractivity contribution is -0.150. The molecule has 3 N–H and O–H groups in total. The number of hydrogen-bond acceptors (Lipinski definition) is 5. The van der Waals surface area contributed by atoms with Gasteiger partial charge in [-0.05, 0) is 37.7 Å². The first-order valence-corrected chi connectivity index (χ1v) is 11.7. The number of imidazole rings is 1. The molecule has 2 aromatic rings. The van der Waals surface area contributed by atoms with E-state index in [2.05, 4.69) is 10.1 Å². The van der Waals surface area contributed by atoms with Crippen LogP contribution in [0, 0.1) is 5.92 Å². The Kier molecular flexibility index (Phi) is 6.10. The van der Waals surface area contributed by atoms with Crippen molar-refractivity contribution in [2.24, 2.45) is 11.7 Å². The average Bonchev–Trinajstić information content (AvgIpc) is 3.38. The number of nitrogens with one attached hydrogen (secondary N) is 1. The fourth-order valence-electron chi connectivity index (χ4n) is 4.76. The van der Waals surface area contributed by atoms with Crippen LogP contribution in [0.3, 0.4) is 0 Å². The molecule has 0 bridgehead atoms. The molecule has 3 aliphatic rings. The normalized spacial score (nSPS) is 25.1. The molecule has 1 unspecified atom stereocenters. The molecular formula is C22H27F5N6O2. The predicted octanol–water partition coefficient (Wildman–Crippen LogP) is 3.73. The minimum Gasteiger partial charge on any atom is -0.376 e. The summed E-state index contributed by atoms with van der Waals surface area (Å²) in [6.07, 6.45) is 0.503. The van der Waals surface area contributed by atoms with Crippen molar-refractivity contribution in [1.82, 2.24) is 24.8 Å². The summed E-state index contributed by atoms with van der Waals surface area (Å²) in [4.78, 5) is 18.1. The second-order valence-corrected chi connectivity index (χ2v) is 9.72. The van der Waals surface area contributed by atoms with Crippen LogP contribution < -0.4 is 11.1 Å². The fourth-order valence-corrected chi connectivity index (χ4v) is 4.76. The van der Waals surface area contributed by atoms with Crippen LogP contribution in [0.15, 0.2) is 18.5 Å². The molecule has 3 atom stereocenters. The van der Waals surface area contributed by atoms with Crippen LogP contribution in [0.2, 0.25) is 0 Å². The lowest BCUT2D eigenvalue weighted by Crippen LogP contribution is -2.40. The first kappa shape index (κ1) is 24.2. The number of carbonyl (C=O) groups excluding carboxylic acids is 1. The molecule has 2 aliphatic carbocycles. The van der Waals surface area contributed by atoms with Crippen molar-refractivity contribution < 1.29 is 31.5 Å². The van der Waals surface area contributed by atoms with Crippen LogP contribution in [0.1, 0.15) is 61.9 Å². The van der Waals surface area contributed by atoms with E-state index < -0.39 is 42.8 Å². The van der Waals surface area contributed by atoms with E-state index in [-0.39, 0.29) is 31.5 Å². The lowest BCUT2D eigenvalue weighted by atomic mass is 9.81. The van der Waals surface area contributed by atoms with E-state index in [1.165, 1.54) is 10.7 Å². The van der Waals surface area contributed by atoms with Gasteiger partial charge in [-0.3, -0.25) is 0 Å². The fraction of sp³-hybridized carbons (Fsp3) is 0.682. The number of nitrogens with zero attached hydrogens (tertiary/aromatic N) is 4. The Morgan fingerprint density at radius 1 is 1.23 bits per heavy atom. The van der Waals surface area contributed by atoms with Crippen LogP contribution in [0.4, 0.5) is 26.7 Å². The van der Waals surface area contributed by atoms with Crippen molar-refractivity contribution >= 4 is 11.7 Å². The summed E-state index contributed by atoms with van der Waals surface area (Å²) < 4.78 is 74.0. The first-order chi connectivity index (χ1) is 16.5. The molecule has 2 aromatic heterocycles. The monoisotopic (exact) mass is 502 g/mol. The van der Waals surface area contributed by atoms with Crippen LogP contribution >= 0.6 is 0 Å². The van der Waals surface area contributed by atoms with Gasteiger partial charge in [0.15, 0.2) is 5.65 Å². The molecule has 8 nitrogen and oxygen atoms in total. The van der Waals surface area contributed by atoms with Gasteiger partial charge >= 0.3 is 12.2 Å². The third kappa shape index (κ3) is 5.20. The summed E-state index contributed by atoms with van der Waals surface area (Å²) in [6, 6.07) is -2.46. The largest absolute Gasteiger partial charge is 0.410 e. The number of rotatable bonds is 7. The zero-order chi connectivity index (χ0) is 25.0. The molecule has 0 aromatic carbocycles. The van der Waals surface area contributed by atoms with E-state index in [9.17, 15) is 26.7 Å². The van der Waals surface area contributed by atoms with Gasteiger partial charge in [0, 0.05) is 18.4 Å². The standard InChI is InChI=1S/C22H27F5N6O2/c23-21(24)5-3-12(4-6-21)19(28)15-9-33-18(30-15)7-13(8-29-33)16(11-35-14-1-2-14)32-10-17(22(25,26)27)31-20(32)34/h7-9,12,14,16-17,19H,1-6,10-11,28H2,(H,31,34)/t16-,17+,19?/m1/s1. The molecule has 5 rings (SSSR count). The first-order valence-electron chi connectivity index (χ1n) is 11.7. The van der Waals surface area contributed by atoms with Gasteiger partial charge in [-0.2, -0.15) is 18.3 Å². The van der Waals surface area contributed by atoms with E-state index in [0.29, 0.717) is 29.7 Å². The maximum atomic E-state index is 13.5. The summed E-state index contributed by atoms with van der Waals surface area (Å²) in [7, 11) is 0. The second kappa shape index (κ2) is 8.84. The number of aromatic nitrogens is 3. The molecule has 35 heavy (non-hydrogen) atoms. The van der Waals surface area contributed by atoms with Gasteiger partial charge in [0.1, 0.15) is 6.04 Å². The summed E-state index contributed by atoms with van der Waals surface area (Å²) in [5.41, 5.74) is 7.74. The van der Waals surface area contributed by atoms with E-state index in [4.69, 9.17) is 10.5 Å². The number of alkyl halides is 5. The SMILES string of the molecule is NC(c1cn2ncc([C@@H](COC3CC3)N3C[C@@H](C(F)(F)F)NC3=O)cc2n1)C1CCC(F)(F)CC1. The summed E-state index contributed by atoms with van der Waals surface area (Å²) >= 11 is 0. The molecule has 2 amide bonds. The Labute approximate surface area is 198 Å². The Morgan fingerprint density at radius 2 is 1.94 bits per heavy atom. The Hall–Kier alpha value is -2.54. The van der Waals surface area contributed by atoms with Crippen molar-refractivity contribution in [3.63, 3.8) is 0 Å². The smallest absolute Gasteiger partial charge is 0.376 e. The van der Waals surface area contributed by atoms with E-state index in [0.717, 1.165) is 17.7 Å². The number of urea groups is 1. The highest BCUT2D eigenvalue weighted by atomic mass is 19.4. The molecule has 3 heterocycles. The molecule has 192 valence electrons. The molecule has 0 spiro atoms. The Balaban J connectivity index is 1.37. The van der Waals surface area contributed by atoms with E-state index in [1.54, 1.807) is 12.3 Å². The van der Waals surface area contributed by atoms with Crippen LogP contribution in [0.5, 0.6) is 0 Å². The zero-order valence-corrected chi connectivity index (χ0v) is 18.8. The third-order valence-electron chi connectivity index (χ3n) is 7.08. The van der Waals surface area contributed by atoms with Crippen LogP contribution in [-0.2, 0) is 4.74 Å². The molecule has 2 saturated carbocycles. The van der Waals surface area contributed by atoms with Gasteiger partial charge in [-0.1, -0.05) is 0 Å². The number of amides is 2. The highest BCUT2D eigenvalue weighted by Crippen LogP contribution is 2.40. The molecule has 0 radical (unpaired) electrons. The maximum Gasteiger partial charge on any atom is 0.410 e. The quantitative estimate of drug-likeness (QED) is 0.563. The van der Waals surface area contributed by atoms with Crippen molar-refractivity contribution in [2.45, 2.75) is 74.9 Å². The minimum atomic E-state index is -4.56. The van der Waals surface area contributed by atoms with Crippen molar-refractivity contribution in [2.75, 3.05) is 13.2 Å². The highest BCUT2D eigenvalue weighted by Gasteiger charge is 2.49. The Bertz CT molecular complexity index is 1080. The van der Waals surface area contributed by atoms with Gasteiger partial charge in [-0.15, -0.1) is 0 Å². The van der Waals surface area contributed by atoms with Crippen LogP contribution in [0.25, 0.3) is 5.65 Å². The lowest BCUT2D eigenvalue weighted by Gasteiger charge is -2.31. The summed E-state index contributed by atoms with van der Waals surface area (Å²) in [5, 5.41) is 6.31. The molecule has 3 fully saturated rings. The molecule has 1 saturated heterocycles. The number of halogens is 5. The zero-order valence-electron chi connectivity index (χ0n) is 18.8. The number of carbonyl (C=O) groups is 1. The van der Waals surface area contributed by atoms with Gasteiger partial charge in [0.25, 0.3) is 0 Å². The average molecular weight is 502 g/mol. The van der Waals surface area contributed by atoms with Crippen molar-refractivity contribution in [3.8, 4) is 0 Å². The van der Waals surface area contributed by atoms with Gasteiger partial charge in [0.05, 0.1) is 49.4 Å². The topological polar surface area (TPSA) is 97.8 Å². The number of nitrogens with two attached hydrogens (primary N) is 1. The minimum absolute atomic E-state index is 0.0316. The number of fused-ring (bicyclic) bond motifs is 1. The van der Waals surface area contributed by atoms with Crippen molar-refractivity contribution in [1.29, 1.82) is 0 Å². The van der Waals surface area contributed by atoms with Gasteiger partial charge in [-0.25, -0.2) is 23.1 Å². The highest BCUT2D eigenvalue weighted by molar-refractivity contribution is 5.77. The second-order valence-electron chi connectivity index (χ2n) is 9.72.